The van der Waals surface area contributed by atoms with E-state index >= 15 is 0 Å². The van der Waals surface area contributed by atoms with Crippen LogP contribution >= 0.6 is 11.6 Å². The maximum Gasteiger partial charge on any atom is 0.119 e. The van der Waals surface area contributed by atoms with Crippen LogP contribution < -0.4 is 9.47 Å². The Morgan fingerprint density at radius 2 is 1.41 bits per heavy atom. The highest BCUT2D eigenvalue weighted by molar-refractivity contribution is 6.18. The second kappa shape index (κ2) is 10.5. The van der Waals surface area contributed by atoms with E-state index in [2.05, 4.69) is 38.1 Å². The number of benzene rings is 2. The number of rotatable bonds is 11. The fourth-order valence-electron chi connectivity index (χ4n) is 2.73. The van der Waals surface area contributed by atoms with Crippen molar-refractivity contribution >= 4 is 11.6 Å². The summed E-state index contributed by atoms with van der Waals surface area (Å²) >= 11 is 5.58. The Hall–Kier alpha value is -1.75. The third kappa shape index (κ3) is 6.42. The molecule has 1 unspecified atom stereocenters. The molecule has 4 nitrogen and oxygen atoms in total. The van der Waals surface area contributed by atoms with Crippen LogP contribution in [-0.4, -0.2) is 44.0 Å². The number of hydrogen-bond donors (Lipinski definition) is 1. The van der Waals surface area contributed by atoms with Crippen LogP contribution in [0.4, 0.5) is 0 Å². The fourth-order valence-corrected chi connectivity index (χ4v) is 2.82. The van der Waals surface area contributed by atoms with Crippen LogP contribution in [0.3, 0.4) is 0 Å². The molecule has 0 amide bonds. The minimum absolute atomic E-state index is 0.150. The largest absolute Gasteiger partial charge is 0.494 e. The average molecular weight is 393 g/mol. The second-order valence-corrected chi connectivity index (χ2v) is 7.30. The lowest BCUT2D eigenvalue weighted by atomic mass is 9.78. The molecule has 0 aromatic heterocycles. The van der Waals surface area contributed by atoms with E-state index in [1.165, 1.54) is 11.1 Å². The van der Waals surface area contributed by atoms with Gasteiger partial charge < -0.3 is 19.3 Å². The lowest BCUT2D eigenvalue weighted by Gasteiger charge is -2.26. The molecule has 0 spiro atoms. The smallest absolute Gasteiger partial charge is 0.119 e. The summed E-state index contributed by atoms with van der Waals surface area (Å²) in [5.74, 6) is 1.75. The zero-order chi connectivity index (χ0) is 19.7. The number of methoxy groups -OCH3 is 1. The van der Waals surface area contributed by atoms with Crippen molar-refractivity contribution in [3.8, 4) is 11.5 Å². The molecule has 2 aromatic rings. The van der Waals surface area contributed by atoms with Gasteiger partial charge in [-0.15, -0.1) is 11.6 Å². The van der Waals surface area contributed by atoms with Gasteiger partial charge in [-0.05, 0) is 35.4 Å². The van der Waals surface area contributed by atoms with Crippen LogP contribution in [0.5, 0.6) is 11.5 Å². The summed E-state index contributed by atoms with van der Waals surface area (Å²) in [5, 5.41) is 9.48. The first-order valence-corrected chi connectivity index (χ1v) is 9.70. The first-order chi connectivity index (χ1) is 13.0. The molecule has 0 aliphatic rings. The van der Waals surface area contributed by atoms with Crippen LogP contribution in [0, 0.1) is 0 Å². The van der Waals surface area contributed by atoms with E-state index in [9.17, 15) is 5.11 Å². The van der Waals surface area contributed by atoms with Crippen LogP contribution in [0.2, 0.25) is 0 Å². The summed E-state index contributed by atoms with van der Waals surface area (Å²) in [6.07, 6.45) is 0.220. The molecule has 27 heavy (non-hydrogen) atoms. The molecular weight excluding hydrogens is 364 g/mol. The van der Waals surface area contributed by atoms with Gasteiger partial charge >= 0.3 is 0 Å². The SMILES string of the molecule is COCCCOc1ccc(C(C)(C)c2ccc(OCC(O)CCl)cc2)cc1. The Morgan fingerprint density at radius 1 is 0.889 bits per heavy atom. The molecule has 0 radical (unpaired) electrons. The average Bonchev–Trinajstić information content (AvgIpc) is 2.70. The number of ether oxygens (including phenoxy) is 3. The molecule has 0 saturated carbocycles. The molecule has 1 atom stereocenters. The Morgan fingerprint density at radius 3 is 1.89 bits per heavy atom. The van der Waals surface area contributed by atoms with Gasteiger partial charge in [-0.25, -0.2) is 0 Å². The Balaban J connectivity index is 2.00. The van der Waals surface area contributed by atoms with Gasteiger partial charge in [0.15, 0.2) is 0 Å². The molecular formula is C22H29ClO4. The zero-order valence-electron chi connectivity index (χ0n) is 16.3. The highest BCUT2D eigenvalue weighted by Gasteiger charge is 2.23. The minimum atomic E-state index is -0.655. The van der Waals surface area contributed by atoms with Crippen LogP contribution in [0.1, 0.15) is 31.4 Å². The molecule has 0 saturated heterocycles. The molecule has 0 aliphatic carbocycles. The number of alkyl halides is 1. The lowest BCUT2D eigenvalue weighted by Crippen LogP contribution is -2.20. The van der Waals surface area contributed by atoms with E-state index in [-0.39, 0.29) is 17.9 Å². The first kappa shape index (κ1) is 21.5. The predicted molar refractivity (Wildman–Crippen MR) is 109 cm³/mol. The van der Waals surface area contributed by atoms with E-state index in [1.807, 2.05) is 24.3 Å². The van der Waals surface area contributed by atoms with E-state index < -0.39 is 6.10 Å². The van der Waals surface area contributed by atoms with Gasteiger partial charge in [0.2, 0.25) is 0 Å². The summed E-state index contributed by atoms with van der Waals surface area (Å²) in [7, 11) is 1.69. The van der Waals surface area contributed by atoms with E-state index in [0.717, 1.165) is 17.9 Å². The van der Waals surface area contributed by atoms with E-state index in [4.69, 9.17) is 25.8 Å². The summed E-state index contributed by atoms with van der Waals surface area (Å²) < 4.78 is 16.3. The van der Waals surface area contributed by atoms with Gasteiger partial charge in [0.05, 0.1) is 12.5 Å². The van der Waals surface area contributed by atoms with Crippen molar-refractivity contribution in [2.24, 2.45) is 0 Å². The van der Waals surface area contributed by atoms with Gasteiger partial charge in [0.25, 0.3) is 0 Å². The van der Waals surface area contributed by atoms with Crippen molar-refractivity contribution in [2.45, 2.75) is 31.8 Å². The number of aliphatic hydroxyl groups is 1. The maximum atomic E-state index is 9.48. The van der Waals surface area contributed by atoms with Gasteiger partial charge in [-0.1, -0.05) is 38.1 Å². The van der Waals surface area contributed by atoms with Crippen molar-refractivity contribution in [1.29, 1.82) is 0 Å². The van der Waals surface area contributed by atoms with Gasteiger partial charge in [-0.3, -0.25) is 0 Å². The number of aliphatic hydroxyl groups excluding tert-OH is 1. The second-order valence-electron chi connectivity index (χ2n) is 6.99. The van der Waals surface area contributed by atoms with Crippen molar-refractivity contribution < 1.29 is 19.3 Å². The van der Waals surface area contributed by atoms with E-state index in [0.29, 0.717) is 13.2 Å². The molecule has 2 aromatic carbocycles. The first-order valence-electron chi connectivity index (χ1n) is 9.17. The Labute approximate surface area is 167 Å². The molecule has 1 N–H and O–H groups in total. The van der Waals surface area contributed by atoms with Gasteiger partial charge in [0.1, 0.15) is 24.2 Å². The molecule has 0 fully saturated rings. The summed E-state index contributed by atoms with van der Waals surface area (Å²) in [6.45, 7) is 5.92. The fraction of sp³-hybridized carbons (Fsp3) is 0.455. The standard InChI is InChI=1S/C22H29ClO4/c1-22(2,17-5-9-20(10-6-17)26-14-4-13-25-3)18-7-11-21(12-8-18)27-16-19(24)15-23/h5-12,19,24H,4,13-16H2,1-3H3. The molecule has 0 heterocycles. The quantitative estimate of drug-likeness (QED) is 0.454. The highest BCUT2D eigenvalue weighted by Crippen LogP contribution is 2.33. The van der Waals surface area contributed by atoms with Gasteiger partial charge in [-0.2, -0.15) is 0 Å². The topological polar surface area (TPSA) is 47.9 Å². The molecule has 5 heteroatoms. The number of hydrogen-bond acceptors (Lipinski definition) is 4. The molecule has 0 aliphatic heterocycles. The van der Waals surface area contributed by atoms with Crippen molar-refractivity contribution in [3.63, 3.8) is 0 Å². The lowest BCUT2D eigenvalue weighted by molar-refractivity contribution is 0.125. The van der Waals surface area contributed by atoms with Crippen LogP contribution in [0.15, 0.2) is 48.5 Å². The van der Waals surface area contributed by atoms with Crippen molar-refractivity contribution in [1.82, 2.24) is 0 Å². The molecule has 0 bridgehead atoms. The maximum absolute atomic E-state index is 9.48. The molecule has 148 valence electrons. The zero-order valence-corrected chi connectivity index (χ0v) is 17.0. The summed E-state index contributed by atoms with van der Waals surface area (Å²) in [4.78, 5) is 0. The van der Waals surface area contributed by atoms with Crippen LogP contribution in [-0.2, 0) is 10.2 Å². The Kier molecular flexibility index (Phi) is 8.42. The Bertz CT molecular complexity index is 668. The highest BCUT2D eigenvalue weighted by atomic mass is 35.5. The van der Waals surface area contributed by atoms with Gasteiger partial charge in [0, 0.05) is 25.6 Å². The van der Waals surface area contributed by atoms with Crippen molar-refractivity contribution in [3.05, 3.63) is 59.7 Å². The predicted octanol–water partition coefficient (Wildman–Crippen LogP) is 4.41. The minimum Gasteiger partial charge on any atom is -0.494 e. The normalized spacial score (nSPS) is 12.6. The van der Waals surface area contributed by atoms with Crippen molar-refractivity contribution in [2.75, 3.05) is 32.8 Å². The third-order valence-corrected chi connectivity index (χ3v) is 4.89. The summed E-state index contributed by atoms with van der Waals surface area (Å²) in [5.41, 5.74) is 2.24. The van der Waals surface area contributed by atoms with E-state index in [1.54, 1.807) is 7.11 Å². The monoisotopic (exact) mass is 392 g/mol. The summed E-state index contributed by atoms with van der Waals surface area (Å²) in [6, 6.07) is 16.2. The third-order valence-electron chi connectivity index (χ3n) is 4.53. The number of halogens is 1. The molecule has 2 rings (SSSR count). The van der Waals surface area contributed by atoms with Crippen LogP contribution in [0.25, 0.3) is 0 Å².